The summed E-state index contributed by atoms with van der Waals surface area (Å²) < 4.78 is 52.3. The smallest absolute Gasteiger partial charge is 0.412 e. The van der Waals surface area contributed by atoms with E-state index in [1.807, 2.05) is 24.3 Å². The number of methoxy groups -OCH3 is 1. The molecular weight excluding hydrogens is 718 g/mol. The maximum atomic E-state index is 14.2. The Morgan fingerprint density at radius 1 is 0.818 bits per heavy atom. The zero-order valence-electron chi connectivity index (χ0n) is 29.5. The molecule has 0 spiro atoms. The van der Waals surface area contributed by atoms with Crippen molar-refractivity contribution in [2.24, 2.45) is 11.8 Å². The van der Waals surface area contributed by atoms with E-state index in [1.165, 1.54) is 7.11 Å². The van der Waals surface area contributed by atoms with E-state index in [-0.39, 0.29) is 32.5 Å². The molecule has 5 heterocycles. The molecule has 0 bridgehead atoms. The van der Waals surface area contributed by atoms with Crippen molar-refractivity contribution in [3.63, 3.8) is 0 Å². The van der Waals surface area contributed by atoms with E-state index in [2.05, 4.69) is 15.3 Å². The number of esters is 2. The largest absolute Gasteiger partial charge is 0.454 e. The average Bonchev–Trinajstić information content (AvgIpc) is 3.94. The molecular formula is C39H37N3O13. The molecule has 5 aromatic rings. The van der Waals surface area contributed by atoms with Gasteiger partial charge in [0, 0.05) is 31.7 Å². The van der Waals surface area contributed by atoms with Crippen LogP contribution >= 0.6 is 0 Å². The van der Waals surface area contributed by atoms with Gasteiger partial charge in [0.05, 0.1) is 18.4 Å². The first-order chi connectivity index (χ1) is 26.8. The van der Waals surface area contributed by atoms with E-state index in [1.54, 1.807) is 54.6 Å². The Kier molecular flexibility index (Phi) is 10.3. The van der Waals surface area contributed by atoms with Crippen LogP contribution in [0.2, 0.25) is 0 Å². The number of aromatic nitrogens is 2. The van der Waals surface area contributed by atoms with Gasteiger partial charge in [-0.3, -0.25) is 14.9 Å². The number of amides is 1. The van der Waals surface area contributed by atoms with Crippen molar-refractivity contribution < 1.29 is 61.5 Å². The third-order valence-electron chi connectivity index (χ3n) is 9.56. The highest BCUT2D eigenvalue weighted by molar-refractivity contribution is 5.85. The molecule has 1 amide bonds. The van der Waals surface area contributed by atoms with E-state index >= 15 is 0 Å². The summed E-state index contributed by atoms with van der Waals surface area (Å²) in [4.78, 5) is 50.8. The number of nitrogens with one attached hydrogen (secondary N) is 1. The second-order valence-electron chi connectivity index (χ2n) is 13.2. The first-order valence-electron chi connectivity index (χ1n) is 17.8. The number of rotatable bonds is 8. The van der Waals surface area contributed by atoms with Gasteiger partial charge in [0.2, 0.25) is 6.79 Å². The number of nitrogens with zero attached hydrogens (tertiary/aromatic N) is 2. The third-order valence-corrected chi connectivity index (χ3v) is 9.56. The monoisotopic (exact) mass is 755 g/mol. The van der Waals surface area contributed by atoms with Crippen LogP contribution in [0.5, 0.6) is 11.5 Å². The average molecular weight is 756 g/mol. The van der Waals surface area contributed by atoms with Crippen LogP contribution in [0.3, 0.4) is 0 Å². The lowest BCUT2D eigenvalue weighted by molar-refractivity contribution is -0.300. The molecule has 3 aliphatic rings. The summed E-state index contributed by atoms with van der Waals surface area (Å²) in [7, 11) is 1.31. The van der Waals surface area contributed by atoms with Gasteiger partial charge in [0.1, 0.15) is 17.1 Å². The molecule has 2 N–H and O–H groups in total. The number of aliphatic hydroxyl groups excluding tert-OH is 1. The maximum Gasteiger partial charge on any atom is 0.412 e. The maximum absolute atomic E-state index is 14.2. The molecule has 0 aliphatic carbocycles. The molecule has 16 heteroatoms. The molecule has 16 nitrogen and oxygen atoms in total. The van der Waals surface area contributed by atoms with Crippen LogP contribution in [-0.4, -0.2) is 84.3 Å². The summed E-state index contributed by atoms with van der Waals surface area (Å²) in [6.07, 6.45) is -3.92. The Morgan fingerprint density at radius 2 is 1.42 bits per heavy atom. The highest BCUT2D eigenvalue weighted by Crippen LogP contribution is 2.36. The van der Waals surface area contributed by atoms with Gasteiger partial charge >= 0.3 is 18.0 Å². The van der Waals surface area contributed by atoms with Gasteiger partial charge in [0.25, 0.3) is 0 Å². The lowest BCUT2D eigenvalue weighted by Gasteiger charge is -2.44. The van der Waals surface area contributed by atoms with E-state index in [0.717, 1.165) is 0 Å². The fraction of sp³-hybridized carbons (Fsp3) is 0.359. The highest BCUT2D eigenvalue weighted by Gasteiger charge is 2.53. The SMILES string of the molecule is CO[C@H]1O[C@H](CO)[C@H](OC(=O)Nc2ccc3c(c2)OCO3)[C@@H]2OC(=O)[C@@H](Cc3nc4ccccc4o3)CC=CC[C@H](Cc3nc4ccccc4o3)C(=O)O[C@@H]12. The predicted molar refractivity (Wildman–Crippen MR) is 190 cm³/mol. The lowest BCUT2D eigenvalue weighted by Crippen LogP contribution is -2.63. The van der Waals surface area contributed by atoms with Crippen LogP contribution < -0.4 is 14.8 Å². The van der Waals surface area contributed by atoms with Crippen LogP contribution in [0, 0.1) is 11.8 Å². The normalized spacial score (nSPS) is 25.4. The molecule has 55 heavy (non-hydrogen) atoms. The molecule has 0 unspecified atom stereocenters. The molecule has 7 atom stereocenters. The molecule has 3 aliphatic heterocycles. The minimum atomic E-state index is -1.51. The fourth-order valence-electron chi connectivity index (χ4n) is 6.81. The van der Waals surface area contributed by atoms with Crippen molar-refractivity contribution in [2.45, 2.75) is 56.4 Å². The number of para-hydroxylation sites is 4. The van der Waals surface area contributed by atoms with Crippen molar-refractivity contribution in [1.29, 1.82) is 0 Å². The van der Waals surface area contributed by atoms with Crippen molar-refractivity contribution in [3.8, 4) is 11.5 Å². The van der Waals surface area contributed by atoms with E-state index in [4.69, 9.17) is 42.0 Å². The number of carbonyl (C=O) groups excluding carboxylic acids is 3. The summed E-state index contributed by atoms with van der Waals surface area (Å²) in [5.74, 6) is -1.50. The van der Waals surface area contributed by atoms with Gasteiger partial charge in [-0.05, 0) is 49.2 Å². The zero-order chi connectivity index (χ0) is 37.9. The van der Waals surface area contributed by atoms with Gasteiger partial charge in [-0.2, -0.15) is 0 Å². The molecule has 0 radical (unpaired) electrons. The van der Waals surface area contributed by atoms with Gasteiger partial charge in [-0.1, -0.05) is 36.4 Å². The number of oxazole rings is 2. The second kappa shape index (κ2) is 15.8. The quantitative estimate of drug-likeness (QED) is 0.123. The molecule has 286 valence electrons. The lowest BCUT2D eigenvalue weighted by atomic mass is 9.95. The number of benzene rings is 3. The molecule has 3 aromatic carbocycles. The van der Waals surface area contributed by atoms with Gasteiger partial charge < -0.3 is 47.1 Å². The first kappa shape index (κ1) is 36.0. The third kappa shape index (κ3) is 7.83. The molecule has 1 saturated heterocycles. The second-order valence-corrected chi connectivity index (χ2v) is 13.2. The standard InChI is InChI=1S/C39H37N3O13/c1-47-38-35-34(33(30(19-43)52-38)55-39(46)40-23-14-15-28-29(18-23)49-20-48-28)53-36(44)21(16-31-41-24-10-4-6-12-26(24)50-31)8-2-3-9-22(37(45)54-35)17-32-42-25-11-5-7-13-27(25)51-32/h2-7,10-15,18,21-22,30,33-35,38,43H,8-9,16-17,19-20H2,1H3,(H,40,46)/t21-,22-,30-,33+,34+,35-,38+/m1/s1. The van der Waals surface area contributed by atoms with E-state index < -0.39 is 67.2 Å². The summed E-state index contributed by atoms with van der Waals surface area (Å²) in [5, 5.41) is 13.1. The number of fused-ring (bicyclic) bond motifs is 4. The van der Waals surface area contributed by atoms with Gasteiger partial charge in [-0.15, -0.1) is 0 Å². The number of aliphatic hydroxyl groups is 1. The Morgan fingerprint density at radius 3 is 2.02 bits per heavy atom. The van der Waals surface area contributed by atoms with Gasteiger partial charge in [0.15, 0.2) is 59.0 Å². The number of carbonyl (C=O) groups is 3. The Labute approximate surface area is 313 Å². The topological polar surface area (TPSA) is 200 Å². The number of hydrogen-bond donors (Lipinski definition) is 2. The van der Waals surface area contributed by atoms with Crippen molar-refractivity contribution in [1.82, 2.24) is 9.97 Å². The summed E-state index contributed by atoms with van der Waals surface area (Å²) in [6.45, 7) is -0.639. The minimum Gasteiger partial charge on any atom is -0.454 e. The zero-order valence-corrected chi connectivity index (χ0v) is 29.5. The number of anilines is 1. The predicted octanol–water partition coefficient (Wildman–Crippen LogP) is 4.87. The summed E-state index contributed by atoms with van der Waals surface area (Å²) in [5.41, 5.74) is 2.70. The van der Waals surface area contributed by atoms with Crippen molar-refractivity contribution in [3.05, 3.63) is 90.7 Å². The van der Waals surface area contributed by atoms with Crippen LogP contribution in [0.4, 0.5) is 10.5 Å². The van der Waals surface area contributed by atoms with Gasteiger partial charge in [-0.25, -0.2) is 14.8 Å². The minimum absolute atomic E-state index is 0.0352. The van der Waals surface area contributed by atoms with E-state index in [9.17, 15) is 19.5 Å². The molecule has 8 rings (SSSR count). The van der Waals surface area contributed by atoms with Crippen molar-refractivity contribution in [2.75, 3.05) is 25.8 Å². The Bertz CT molecular complexity index is 2150. The summed E-state index contributed by atoms with van der Waals surface area (Å²) >= 11 is 0. The van der Waals surface area contributed by atoms with Crippen LogP contribution in [-0.2, 0) is 46.1 Å². The van der Waals surface area contributed by atoms with Crippen LogP contribution in [0.1, 0.15) is 24.6 Å². The summed E-state index contributed by atoms with van der Waals surface area (Å²) in [6, 6.07) is 19.2. The van der Waals surface area contributed by atoms with Crippen LogP contribution in [0.15, 0.2) is 87.7 Å². The first-order valence-corrected chi connectivity index (χ1v) is 17.8. The highest BCUT2D eigenvalue weighted by atomic mass is 16.7. The van der Waals surface area contributed by atoms with Crippen molar-refractivity contribution >= 4 is 45.9 Å². The Hall–Kier alpha value is -5.97. The van der Waals surface area contributed by atoms with Crippen LogP contribution in [0.25, 0.3) is 22.2 Å². The molecule has 0 saturated carbocycles. The number of hydrogen-bond acceptors (Lipinski definition) is 15. The molecule has 2 aromatic heterocycles. The Balaban J connectivity index is 1.11. The molecule has 1 fully saturated rings. The van der Waals surface area contributed by atoms with E-state index in [0.29, 0.717) is 51.2 Å². The fourth-order valence-corrected chi connectivity index (χ4v) is 6.81. The number of ether oxygens (including phenoxy) is 7. The number of allylic oxidation sites excluding steroid dienone is 2.